The van der Waals surface area contributed by atoms with Gasteiger partial charge in [-0.05, 0) is 64.3 Å². The first-order valence-electron chi connectivity index (χ1n) is 11.2. The monoisotopic (exact) mass is 425 g/mol. The van der Waals surface area contributed by atoms with E-state index in [1.807, 2.05) is 6.92 Å². The lowest BCUT2D eigenvalue weighted by molar-refractivity contribution is 0.210. The maximum atomic E-state index is 13.4. The summed E-state index contributed by atoms with van der Waals surface area (Å²) in [6.07, 6.45) is 5.98. The summed E-state index contributed by atoms with van der Waals surface area (Å²) in [5.74, 6) is 1.05. The molecule has 7 nitrogen and oxygen atoms in total. The molecule has 2 aliphatic heterocycles. The van der Waals surface area contributed by atoms with Crippen molar-refractivity contribution in [1.29, 1.82) is 0 Å². The fourth-order valence-corrected chi connectivity index (χ4v) is 5.08. The van der Waals surface area contributed by atoms with Crippen LogP contribution in [0.2, 0.25) is 0 Å². The number of benzene rings is 1. The molecule has 0 spiro atoms. The summed E-state index contributed by atoms with van der Waals surface area (Å²) in [7, 11) is 0. The van der Waals surface area contributed by atoms with E-state index in [2.05, 4.69) is 19.8 Å². The first kappa shape index (κ1) is 20.2. The zero-order chi connectivity index (χ0) is 21.4. The maximum Gasteiger partial charge on any atom is 0.178 e. The van der Waals surface area contributed by atoms with Crippen LogP contribution in [0.3, 0.4) is 0 Å². The summed E-state index contributed by atoms with van der Waals surface area (Å²) in [5.41, 5.74) is 4.16. The van der Waals surface area contributed by atoms with E-state index in [1.165, 1.54) is 12.1 Å². The molecular formula is C23H28FN5O2. The van der Waals surface area contributed by atoms with Gasteiger partial charge in [-0.25, -0.2) is 9.37 Å². The number of hydrogen-bond donors (Lipinski definition) is 1. The van der Waals surface area contributed by atoms with Crippen LogP contribution in [0.1, 0.15) is 54.4 Å². The molecule has 1 N–H and O–H groups in total. The van der Waals surface area contributed by atoms with E-state index in [4.69, 9.17) is 9.51 Å². The molecule has 0 unspecified atom stereocenters. The minimum absolute atomic E-state index is 0.302. The molecular weight excluding hydrogens is 397 g/mol. The molecule has 8 heteroatoms. The van der Waals surface area contributed by atoms with Crippen molar-refractivity contribution in [3.8, 4) is 0 Å². The Balaban J connectivity index is 1.25. The van der Waals surface area contributed by atoms with E-state index < -0.39 is 0 Å². The highest BCUT2D eigenvalue weighted by Gasteiger charge is 2.25. The lowest BCUT2D eigenvalue weighted by Gasteiger charge is -2.31. The summed E-state index contributed by atoms with van der Waals surface area (Å²) < 4.78 is 20.8. The Morgan fingerprint density at radius 1 is 1.23 bits per heavy atom. The predicted molar refractivity (Wildman–Crippen MR) is 113 cm³/mol. The van der Waals surface area contributed by atoms with E-state index in [0.717, 1.165) is 92.9 Å². The van der Waals surface area contributed by atoms with Crippen molar-refractivity contribution in [3.63, 3.8) is 0 Å². The van der Waals surface area contributed by atoms with Gasteiger partial charge in [0.1, 0.15) is 11.6 Å². The highest BCUT2D eigenvalue weighted by Crippen LogP contribution is 2.32. The Morgan fingerprint density at radius 3 is 2.87 bits per heavy atom. The van der Waals surface area contributed by atoms with Gasteiger partial charge in [0.15, 0.2) is 11.1 Å². The van der Waals surface area contributed by atoms with Crippen molar-refractivity contribution >= 4 is 11.0 Å². The van der Waals surface area contributed by atoms with E-state index in [0.29, 0.717) is 17.0 Å². The number of aromatic nitrogens is 3. The van der Waals surface area contributed by atoms with Crippen LogP contribution in [0.5, 0.6) is 0 Å². The molecule has 4 heterocycles. The minimum atomic E-state index is -0.302. The summed E-state index contributed by atoms with van der Waals surface area (Å²) >= 11 is 0. The standard InChI is InChI=1S/C23H28FN5O2/c1-15-18(23(26-30)29-10-3-2-4-21(29)25-15)9-13-28-11-7-16(8-12-28)22-19-6-5-17(24)14-20(19)31-27-22/h5-6,14,16,30H,2-4,7-13H2,1H3/b26-23+. The van der Waals surface area contributed by atoms with Crippen LogP contribution in [-0.4, -0.2) is 44.4 Å². The molecule has 3 aromatic rings. The maximum absolute atomic E-state index is 13.4. The van der Waals surface area contributed by atoms with Gasteiger partial charge in [-0.1, -0.05) is 10.3 Å². The SMILES string of the molecule is Cc1nc2n(/c(=N/O)c1CCN1CCC(c3noc4cc(F)ccc34)CC1)CCCC2. The fraction of sp³-hybridized carbons (Fsp3) is 0.522. The van der Waals surface area contributed by atoms with Crippen LogP contribution < -0.4 is 5.49 Å². The van der Waals surface area contributed by atoms with Crippen LogP contribution in [0.15, 0.2) is 27.9 Å². The number of aryl methyl sites for hydroxylation is 2. The average Bonchev–Trinajstić information content (AvgIpc) is 3.20. The van der Waals surface area contributed by atoms with Crippen LogP contribution in [0.4, 0.5) is 4.39 Å². The Morgan fingerprint density at radius 2 is 2.06 bits per heavy atom. The van der Waals surface area contributed by atoms with Gasteiger partial charge in [0, 0.05) is 48.1 Å². The van der Waals surface area contributed by atoms with Crippen molar-refractivity contribution in [2.75, 3.05) is 19.6 Å². The highest BCUT2D eigenvalue weighted by atomic mass is 19.1. The summed E-state index contributed by atoms with van der Waals surface area (Å²) in [6.45, 7) is 5.73. The quantitative estimate of drug-likeness (QED) is 0.511. The van der Waals surface area contributed by atoms with E-state index >= 15 is 0 Å². The number of hydrogen-bond acceptors (Lipinski definition) is 6. The average molecular weight is 426 g/mol. The minimum Gasteiger partial charge on any atom is -0.409 e. The Kier molecular flexibility index (Phi) is 5.48. The first-order chi connectivity index (χ1) is 15.1. The zero-order valence-corrected chi connectivity index (χ0v) is 17.8. The predicted octanol–water partition coefficient (Wildman–Crippen LogP) is 3.52. The van der Waals surface area contributed by atoms with E-state index in [1.54, 1.807) is 6.07 Å². The Labute approximate surface area is 180 Å². The summed E-state index contributed by atoms with van der Waals surface area (Å²) in [5, 5.41) is 18.5. The Bertz CT molecular complexity index is 1160. The van der Waals surface area contributed by atoms with Crippen LogP contribution in [-0.2, 0) is 19.4 Å². The number of rotatable bonds is 4. The van der Waals surface area contributed by atoms with Crippen LogP contribution in [0, 0.1) is 12.7 Å². The molecule has 0 radical (unpaired) electrons. The summed E-state index contributed by atoms with van der Waals surface area (Å²) in [6, 6.07) is 4.64. The molecule has 0 aliphatic carbocycles. The molecule has 5 rings (SSSR count). The number of piperidine rings is 1. The number of halogens is 1. The normalized spacial score (nSPS) is 18.6. The van der Waals surface area contributed by atoms with Gasteiger partial charge in [0.25, 0.3) is 0 Å². The molecule has 1 fully saturated rings. The third kappa shape index (κ3) is 3.84. The highest BCUT2D eigenvalue weighted by molar-refractivity contribution is 5.79. The van der Waals surface area contributed by atoms with E-state index in [-0.39, 0.29) is 5.82 Å². The lowest BCUT2D eigenvalue weighted by Crippen LogP contribution is -2.37. The van der Waals surface area contributed by atoms with Crippen molar-refractivity contribution < 1.29 is 14.1 Å². The van der Waals surface area contributed by atoms with Gasteiger partial charge in [0.05, 0.1) is 5.69 Å². The van der Waals surface area contributed by atoms with Gasteiger partial charge in [-0.2, -0.15) is 0 Å². The topological polar surface area (TPSA) is 79.7 Å². The second kappa shape index (κ2) is 8.42. The molecule has 0 bridgehead atoms. The van der Waals surface area contributed by atoms with Crippen LogP contribution >= 0.6 is 0 Å². The molecule has 2 aromatic heterocycles. The molecule has 2 aliphatic rings. The van der Waals surface area contributed by atoms with Gasteiger partial charge in [-0.3, -0.25) is 0 Å². The summed E-state index contributed by atoms with van der Waals surface area (Å²) in [4.78, 5) is 7.24. The number of fused-ring (bicyclic) bond motifs is 2. The van der Waals surface area contributed by atoms with Gasteiger partial charge < -0.3 is 19.2 Å². The molecule has 1 aromatic carbocycles. The third-order valence-electron chi connectivity index (χ3n) is 6.81. The van der Waals surface area contributed by atoms with Crippen molar-refractivity contribution in [3.05, 3.63) is 52.3 Å². The molecule has 164 valence electrons. The second-order valence-electron chi connectivity index (χ2n) is 8.70. The lowest BCUT2D eigenvalue weighted by atomic mass is 9.91. The molecule has 0 saturated carbocycles. The van der Waals surface area contributed by atoms with Crippen molar-refractivity contribution in [1.82, 2.24) is 19.6 Å². The molecule has 31 heavy (non-hydrogen) atoms. The third-order valence-corrected chi connectivity index (χ3v) is 6.81. The Hall–Kier alpha value is -2.74. The van der Waals surface area contributed by atoms with Crippen LogP contribution in [0.25, 0.3) is 11.0 Å². The zero-order valence-electron chi connectivity index (χ0n) is 17.8. The van der Waals surface area contributed by atoms with E-state index in [9.17, 15) is 9.60 Å². The molecule has 0 atom stereocenters. The van der Waals surface area contributed by atoms with Crippen molar-refractivity contribution in [2.45, 2.75) is 57.9 Å². The second-order valence-corrected chi connectivity index (χ2v) is 8.70. The molecule has 0 amide bonds. The largest absolute Gasteiger partial charge is 0.409 e. The molecule has 1 saturated heterocycles. The van der Waals surface area contributed by atoms with Gasteiger partial charge in [0.2, 0.25) is 0 Å². The number of nitrogens with zero attached hydrogens (tertiary/aromatic N) is 5. The smallest absolute Gasteiger partial charge is 0.178 e. The number of likely N-dealkylation sites (tertiary alicyclic amines) is 1. The van der Waals surface area contributed by atoms with Crippen molar-refractivity contribution in [2.24, 2.45) is 5.16 Å². The fourth-order valence-electron chi connectivity index (χ4n) is 5.08. The van der Waals surface area contributed by atoms with Gasteiger partial charge in [-0.15, -0.1) is 0 Å². The first-order valence-corrected chi connectivity index (χ1v) is 11.2. The van der Waals surface area contributed by atoms with Gasteiger partial charge >= 0.3 is 0 Å².